The van der Waals surface area contributed by atoms with Crippen LogP contribution < -0.4 is 5.73 Å². The van der Waals surface area contributed by atoms with Crippen molar-refractivity contribution in [3.05, 3.63) is 48.0 Å². The standard InChI is InChI=1S/C19H26N2/c1-2-6-15-11-12-21(13-15)14-19(20)18-10-5-8-16-7-3-4-9-17(16)18/h3-5,7-10,15,19H,2,6,11-14,20H2,1H3. The van der Waals surface area contributed by atoms with Crippen LogP contribution in [0.25, 0.3) is 10.8 Å². The maximum atomic E-state index is 6.52. The van der Waals surface area contributed by atoms with Crippen LogP contribution in [0.2, 0.25) is 0 Å². The summed E-state index contributed by atoms with van der Waals surface area (Å²) >= 11 is 0. The Morgan fingerprint density at radius 3 is 2.86 bits per heavy atom. The molecule has 0 aromatic heterocycles. The molecule has 3 rings (SSSR count). The fraction of sp³-hybridized carbons (Fsp3) is 0.474. The average Bonchev–Trinajstić information content (AvgIpc) is 2.94. The number of fused-ring (bicyclic) bond motifs is 1. The summed E-state index contributed by atoms with van der Waals surface area (Å²) < 4.78 is 0. The van der Waals surface area contributed by atoms with E-state index < -0.39 is 0 Å². The van der Waals surface area contributed by atoms with Crippen molar-refractivity contribution >= 4 is 10.8 Å². The Morgan fingerprint density at radius 2 is 2.00 bits per heavy atom. The van der Waals surface area contributed by atoms with Crippen molar-refractivity contribution in [3.8, 4) is 0 Å². The highest BCUT2D eigenvalue weighted by Crippen LogP contribution is 2.26. The predicted octanol–water partition coefficient (Wildman–Crippen LogP) is 3.96. The molecule has 0 aliphatic carbocycles. The minimum atomic E-state index is 0.108. The zero-order chi connectivity index (χ0) is 14.7. The molecule has 0 amide bonds. The van der Waals surface area contributed by atoms with Gasteiger partial charge in [0.05, 0.1) is 0 Å². The van der Waals surface area contributed by atoms with E-state index in [1.165, 1.54) is 48.7 Å². The van der Waals surface area contributed by atoms with Crippen LogP contribution in [0.15, 0.2) is 42.5 Å². The van der Waals surface area contributed by atoms with Gasteiger partial charge >= 0.3 is 0 Å². The molecule has 112 valence electrons. The van der Waals surface area contributed by atoms with Gasteiger partial charge in [0.25, 0.3) is 0 Å². The van der Waals surface area contributed by atoms with Crippen LogP contribution in [-0.2, 0) is 0 Å². The zero-order valence-corrected chi connectivity index (χ0v) is 13.0. The van der Waals surface area contributed by atoms with Gasteiger partial charge in [0.1, 0.15) is 0 Å². The van der Waals surface area contributed by atoms with Crippen molar-refractivity contribution in [1.29, 1.82) is 0 Å². The minimum absolute atomic E-state index is 0.108. The van der Waals surface area contributed by atoms with Gasteiger partial charge in [0.15, 0.2) is 0 Å². The first-order valence-electron chi connectivity index (χ1n) is 8.23. The molecule has 2 N–H and O–H groups in total. The van der Waals surface area contributed by atoms with Gasteiger partial charge in [0.2, 0.25) is 0 Å². The van der Waals surface area contributed by atoms with Gasteiger partial charge < -0.3 is 10.6 Å². The zero-order valence-electron chi connectivity index (χ0n) is 13.0. The molecule has 0 saturated carbocycles. The van der Waals surface area contributed by atoms with E-state index in [1.54, 1.807) is 0 Å². The molecule has 1 aliphatic heterocycles. The van der Waals surface area contributed by atoms with Crippen molar-refractivity contribution in [2.45, 2.75) is 32.2 Å². The van der Waals surface area contributed by atoms with Crippen molar-refractivity contribution < 1.29 is 0 Å². The van der Waals surface area contributed by atoms with Gasteiger partial charge in [-0.2, -0.15) is 0 Å². The summed E-state index contributed by atoms with van der Waals surface area (Å²) in [6.07, 6.45) is 4.00. The molecule has 2 nitrogen and oxygen atoms in total. The fourth-order valence-corrected chi connectivity index (χ4v) is 3.67. The lowest BCUT2D eigenvalue weighted by Crippen LogP contribution is -2.30. The van der Waals surface area contributed by atoms with E-state index in [1.807, 2.05) is 0 Å². The lowest BCUT2D eigenvalue weighted by molar-refractivity contribution is 0.301. The molecule has 2 heteroatoms. The highest BCUT2D eigenvalue weighted by Gasteiger charge is 2.23. The van der Waals surface area contributed by atoms with Gasteiger partial charge in [-0.15, -0.1) is 0 Å². The predicted molar refractivity (Wildman–Crippen MR) is 90.3 cm³/mol. The molecule has 2 unspecified atom stereocenters. The molecule has 0 radical (unpaired) electrons. The number of likely N-dealkylation sites (tertiary alicyclic amines) is 1. The number of benzene rings is 2. The molecule has 1 saturated heterocycles. The van der Waals surface area contributed by atoms with E-state index >= 15 is 0 Å². The Balaban J connectivity index is 1.71. The summed E-state index contributed by atoms with van der Waals surface area (Å²) in [7, 11) is 0. The summed E-state index contributed by atoms with van der Waals surface area (Å²) in [5.41, 5.74) is 7.80. The first kappa shape index (κ1) is 14.6. The quantitative estimate of drug-likeness (QED) is 0.899. The first-order valence-corrected chi connectivity index (χ1v) is 8.23. The Bertz CT molecular complexity index is 588. The second kappa shape index (κ2) is 6.59. The van der Waals surface area contributed by atoms with Gasteiger partial charge in [-0.05, 0) is 41.6 Å². The van der Waals surface area contributed by atoms with Crippen LogP contribution in [0.5, 0.6) is 0 Å². The van der Waals surface area contributed by atoms with Gasteiger partial charge in [0, 0.05) is 19.1 Å². The highest BCUT2D eigenvalue weighted by molar-refractivity contribution is 5.86. The van der Waals surface area contributed by atoms with Crippen molar-refractivity contribution in [3.63, 3.8) is 0 Å². The van der Waals surface area contributed by atoms with Crippen LogP contribution in [0.3, 0.4) is 0 Å². The second-order valence-corrected chi connectivity index (χ2v) is 6.38. The van der Waals surface area contributed by atoms with E-state index in [2.05, 4.69) is 54.3 Å². The average molecular weight is 282 g/mol. The number of nitrogens with two attached hydrogens (primary N) is 1. The van der Waals surface area contributed by atoms with Crippen LogP contribution in [0.1, 0.15) is 37.8 Å². The Morgan fingerprint density at radius 1 is 1.19 bits per heavy atom. The molecule has 0 spiro atoms. The summed E-state index contributed by atoms with van der Waals surface area (Å²) in [6, 6.07) is 15.1. The molecule has 2 aromatic rings. The third-order valence-electron chi connectivity index (χ3n) is 4.74. The SMILES string of the molecule is CCCC1CCN(CC(N)c2cccc3ccccc23)C1. The normalized spacial score (nSPS) is 21.0. The second-order valence-electron chi connectivity index (χ2n) is 6.38. The van der Waals surface area contributed by atoms with Crippen molar-refractivity contribution in [1.82, 2.24) is 4.90 Å². The molecular weight excluding hydrogens is 256 g/mol. The lowest BCUT2D eigenvalue weighted by atomic mass is 9.99. The van der Waals surface area contributed by atoms with E-state index in [0.717, 1.165) is 12.5 Å². The van der Waals surface area contributed by atoms with Crippen LogP contribution >= 0.6 is 0 Å². The third-order valence-corrected chi connectivity index (χ3v) is 4.74. The number of hydrogen-bond donors (Lipinski definition) is 1. The summed E-state index contributed by atoms with van der Waals surface area (Å²) in [4.78, 5) is 2.55. The molecule has 1 fully saturated rings. The van der Waals surface area contributed by atoms with Gasteiger partial charge in [-0.25, -0.2) is 0 Å². The maximum absolute atomic E-state index is 6.52. The van der Waals surface area contributed by atoms with Crippen LogP contribution in [0, 0.1) is 5.92 Å². The molecule has 2 atom stereocenters. The number of hydrogen-bond acceptors (Lipinski definition) is 2. The van der Waals surface area contributed by atoms with E-state index in [-0.39, 0.29) is 6.04 Å². The monoisotopic (exact) mass is 282 g/mol. The van der Waals surface area contributed by atoms with E-state index in [9.17, 15) is 0 Å². The smallest absolute Gasteiger partial charge is 0.0430 e. The number of nitrogens with zero attached hydrogens (tertiary/aromatic N) is 1. The maximum Gasteiger partial charge on any atom is 0.0430 e. The molecule has 0 bridgehead atoms. The molecule has 1 heterocycles. The van der Waals surface area contributed by atoms with Gasteiger partial charge in [-0.3, -0.25) is 0 Å². The van der Waals surface area contributed by atoms with Crippen molar-refractivity contribution in [2.24, 2.45) is 11.7 Å². The summed E-state index contributed by atoms with van der Waals surface area (Å²) in [5.74, 6) is 0.884. The minimum Gasteiger partial charge on any atom is -0.323 e. The molecule has 21 heavy (non-hydrogen) atoms. The molecule has 2 aromatic carbocycles. The largest absolute Gasteiger partial charge is 0.323 e. The first-order chi connectivity index (χ1) is 10.3. The van der Waals surface area contributed by atoms with Crippen LogP contribution in [0.4, 0.5) is 0 Å². The molecule has 1 aliphatic rings. The summed E-state index contributed by atoms with van der Waals surface area (Å²) in [5, 5.41) is 2.59. The number of rotatable bonds is 5. The Hall–Kier alpha value is -1.38. The van der Waals surface area contributed by atoms with Gasteiger partial charge in [-0.1, -0.05) is 55.8 Å². The Kier molecular flexibility index (Phi) is 4.57. The highest BCUT2D eigenvalue weighted by atomic mass is 15.2. The van der Waals surface area contributed by atoms with Crippen molar-refractivity contribution in [2.75, 3.05) is 19.6 Å². The Labute approximate surface area is 127 Å². The van der Waals surface area contributed by atoms with E-state index in [4.69, 9.17) is 5.73 Å². The fourth-order valence-electron chi connectivity index (χ4n) is 3.67. The third kappa shape index (κ3) is 3.28. The molecular formula is C19H26N2. The lowest BCUT2D eigenvalue weighted by Gasteiger charge is -2.22. The van der Waals surface area contributed by atoms with Crippen LogP contribution in [-0.4, -0.2) is 24.5 Å². The topological polar surface area (TPSA) is 29.3 Å². The summed E-state index contributed by atoms with van der Waals surface area (Å²) in [6.45, 7) is 5.70. The van der Waals surface area contributed by atoms with E-state index in [0.29, 0.717) is 0 Å².